The second-order valence-electron chi connectivity index (χ2n) is 5.83. The Morgan fingerprint density at radius 2 is 2.36 bits per heavy atom. The quantitative estimate of drug-likeness (QED) is 0.746. The van der Waals surface area contributed by atoms with Crippen LogP contribution in [-0.2, 0) is 9.53 Å². The lowest BCUT2D eigenvalue weighted by Crippen LogP contribution is -2.14. The molecule has 0 aliphatic carbocycles. The van der Waals surface area contributed by atoms with Crippen molar-refractivity contribution < 1.29 is 14.3 Å². The van der Waals surface area contributed by atoms with Gasteiger partial charge in [-0.05, 0) is 25.1 Å². The van der Waals surface area contributed by atoms with Crippen LogP contribution in [0.2, 0.25) is 0 Å². The van der Waals surface area contributed by atoms with E-state index in [1.54, 1.807) is 30.0 Å². The van der Waals surface area contributed by atoms with E-state index in [4.69, 9.17) is 9.47 Å². The van der Waals surface area contributed by atoms with Gasteiger partial charge < -0.3 is 9.47 Å². The number of rotatable bonds is 6. The molecule has 25 heavy (non-hydrogen) atoms. The van der Waals surface area contributed by atoms with Gasteiger partial charge in [-0.25, -0.2) is 4.98 Å². The SMILES string of the molecule is CC(=O)C1CSC(c2nc3ccc(OCCC4OCCS4)cc3s2)=N1. The fourth-order valence-electron chi connectivity index (χ4n) is 2.63. The summed E-state index contributed by atoms with van der Waals surface area (Å²) in [6, 6.07) is 5.74. The van der Waals surface area contributed by atoms with Crippen LogP contribution in [0.25, 0.3) is 10.2 Å². The molecule has 8 heteroatoms. The summed E-state index contributed by atoms with van der Waals surface area (Å²) in [4.78, 5) is 20.6. The lowest BCUT2D eigenvalue weighted by molar-refractivity contribution is -0.117. The molecule has 132 valence electrons. The highest BCUT2D eigenvalue weighted by molar-refractivity contribution is 8.15. The van der Waals surface area contributed by atoms with Crippen LogP contribution in [0, 0.1) is 0 Å². The van der Waals surface area contributed by atoms with Gasteiger partial charge >= 0.3 is 0 Å². The summed E-state index contributed by atoms with van der Waals surface area (Å²) in [7, 11) is 0. The van der Waals surface area contributed by atoms with Crippen molar-refractivity contribution in [1.82, 2.24) is 4.98 Å². The van der Waals surface area contributed by atoms with Gasteiger partial charge in [0.15, 0.2) is 5.78 Å². The maximum absolute atomic E-state index is 11.5. The molecule has 2 aliphatic rings. The minimum Gasteiger partial charge on any atom is -0.493 e. The monoisotopic (exact) mass is 394 g/mol. The number of ketones is 1. The van der Waals surface area contributed by atoms with Crippen molar-refractivity contribution in [3.63, 3.8) is 0 Å². The normalized spacial score (nSPS) is 23.2. The summed E-state index contributed by atoms with van der Waals surface area (Å²) in [5, 5.41) is 1.76. The fourth-order valence-corrected chi connectivity index (χ4v) is 5.73. The van der Waals surface area contributed by atoms with Gasteiger partial charge in [-0.1, -0.05) is 0 Å². The van der Waals surface area contributed by atoms with E-state index in [1.807, 2.05) is 30.0 Å². The van der Waals surface area contributed by atoms with Crippen molar-refractivity contribution in [1.29, 1.82) is 0 Å². The Balaban J connectivity index is 1.44. The standard InChI is InChI=1S/C17H18N2O3S3/c1-10(20)13-9-24-16(19-13)17-18-12-3-2-11(8-14(12)25-17)21-5-4-15-22-6-7-23-15/h2-3,8,13,15H,4-7,9H2,1H3. The maximum Gasteiger partial charge on any atom is 0.155 e. The second kappa shape index (κ2) is 7.65. The van der Waals surface area contributed by atoms with Crippen LogP contribution in [0.15, 0.2) is 23.2 Å². The molecule has 1 saturated heterocycles. The van der Waals surface area contributed by atoms with E-state index in [9.17, 15) is 4.79 Å². The zero-order valence-corrected chi connectivity index (χ0v) is 16.2. The summed E-state index contributed by atoms with van der Waals surface area (Å²) >= 11 is 5.06. The molecular formula is C17H18N2O3S3. The molecule has 4 rings (SSSR count). The largest absolute Gasteiger partial charge is 0.493 e. The van der Waals surface area contributed by atoms with Crippen molar-refractivity contribution in [2.45, 2.75) is 24.8 Å². The molecule has 2 aromatic rings. The maximum atomic E-state index is 11.5. The molecule has 0 radical (unpaired) electrons. The number of hydrogen-bond donors (Lipinski definition) is 0. The number of thioether (sulfide) groups is 2. The Morgan fingerprint density at radius 1 is 1.44 bits per heavy atom. The Morgan fingerprint density at radius 3 is 3.12 bits per heavy atom. The average molecular weight is 395 g/mol. The molecule has 0 bridgehead atoms. The predicted molar refractivity (Wildman–Crippen MR) is 105 cm³/mol. The number of hydrogen-bond acceptors (Lipinski definition) is 8. The number of Topliss-reactive ketones (excluding diaryl/α,β-unsaturated/α-hetero) is 1. The molecule has 1 aromatic carbocycles. The zero-order valence-electron chi connectivity index (χ0n) is 13.8. The second-order valence-corrected chi connectivity index (χ2v) is 9.14. The van der Waals surface area contributed by atoms with Gasteiger partial charge in [-0.3, -0.25) is 9.79 Å². The summed E-state index contributed by atoms with van der Waals surface area (Å²) in [5.41, 5.74) is 1.21. The van der Waals surface area contributed by atoms with Crippen molar-refractivity contribution >= 4 is 55.9 Å². The molecular weight excluding hydrogens is 376 g/mol. The first-order chi connectivity index (χ1) is 12.2. The predicted octanol–water partition coefficient (Wildman–Crippen LogP) is 3.61. The van der Waals surface area contributed by atoms with E-state index in [1.165, 1.54) is 0 Å². The van der Waals surface area contributed by atoms with Gasteiger partial charge in [0, 0.05) is 17.9 Å². The minimum absolute atomic E-state index is 0.115. The lowest BCUT2D eigenvalue weighted by Gasteiger charge is -2.09. The number of aliphatic imine (C=N–C) groups is 1. The Kier molecular flexibility index (Phi) is 5.30. The highest BCUT2D eigenvalue weighted by Crippen LogP contribution is 2.32. The van der Waals surface area contributed by atoms with Crippen LogP contribution in [0.3, 0.4) is 0 Å². The van der Waals surface area contributed by atoms with E-state index in [0.29, 0.717) is 6.61 Å². The summed E-state index contributed by atoms with van der Waals surface area (Å²) in [6.07, 6.45) is 0.899. The van der Waals surface area contributed by atoms with Gasteiger partial charge in [0.25, 0.3) is 0 Å². The molecule has 0 spiro atoms. The molecule has 0 saturated carbocycles. The summed E-state index contributed by atoms with van der Waals surface area (Å²) in [6.45, 7) is 3.09. The van der Waals surface area contributed by atoms with Crippen LogP contribution in [0.1, 0.15) is 18.4 Å². The van der Waals surface area contributed by atoms with Crippen molar-refractivity contribution in [2.75, 3.05) is 24.7 Å². The Bertz CT molecular complexity index is 815. The number of thiazole rings is 1. The molecule has 2 unspecified atom stereocenters. The first kappa shape index (κ1) is 17.3. The fraction of sp³-hybridized carbons (Fsp3) is 0.471. The smallest absolute Gasteiger partial charge is 0.155 e. The average Bonchev–Trinajstić information content (AvgIpc) is 3.34. The van der Waals surface area contributed by atoms with Gasteiger partial charge in [0.2, 0.25) is 0 Å². The van der Waals surface area contributed by atoms with Crippen LogP contribution in [-0.4, -0.2) is 52.0 Å². The van der Waals surface area contributed by atoms with Crippen LogP contribution >= 0.6 is 34.9 Å². The molecule has 2 atom stereocenters. The van der Waals surface area contributed by atoms with Crippen LogP contribution < -0.4 is 4.74 Å². The number of benzene rings is 1. The zero-order chi connectivity index (χ0) is 17.2. The third-order valence-corrected chi connectivity index (χ3v) is 7.33. The van der Waals surface area contributed by atoms with Gasteiger partial charge in [0.1, 0.15) is 27.3 Å². The number of carbonyl (C=O) groups is 1. The van der Waals surface area contributed by atoms with Crippen LogP contribution in [0.4, 0.5) is 0 Å². The van der Waals surface area contributed by atoms with Crippen molar-refractivity contribution in [2.24, 2.45) is 4.99 Å². The number of ether oxygens (including phenoxy) is 2. The lowest BCUT2D eigenvalue weighted by atomic mass is 10.2. The summed E-state index contributed by atoms with van der Waals surface area (Å²) < 4.78 is 12.5. The molecule has 0 amide bonds. The molecule has 3 heterocycles. The number of aromatic nitrogens is 1. The van der Waals surface area contributed by atoms with Gasteiger partial charge in [-0.15, -0.1) is 34.9 Å². The Hall–Kier alpha value is -1.09. The highest BCUT2D eigenvalue weighted by Gasteiger charge is 2.24. The first-order valence-corrected chi connectivity index (χ1v) is 11.0. The van der Waals surface area contributed by atoms with E-state index >= 15 is 0 Å². The van der Waals surface area contributed by atoms with Crippen molar-refractivity contribution in [3.05, 3.63) is 23.2 Å². The van der Waals surface area contributed by atoms with E-state index in [-0.39, 0.29) is 17.3 Å². The first-order valence-electron chi connectivity index (χ1n) is 8.17. The third-order valence-electron chi connectivity index (χ3n) is 3.98. The highest BCUT2D eigenvalue weighted by atomic mass is 32.2. The number of fused-ring (bicyclic) bond motifs is 1. The molecule has 0 N–H and O–H groups in total. The van der Waals surface area contributed by atoms with E-state index in [0.717, 1.165) is 50.6 Å². The van der Waals surface area contributed by atoms with Gasteiger partial charge in [-0.2, -0.15) is 0 Å². The van der Waals surface area contributed by atoms with Gasteiger partial charge in [0.05, 0.1) is 23.4 Å². The molecule has 2 aliphatic heterocycles. The topological polar surface area (TPSA) is 60.8 Å². The van der Waals surface area contributed by atoms with Crippen LogP contribution in [0.5, 0.6) is 5.75 Å². The number of carbonyl (C=O) groups excluding carboxylic acids is 1. The molecule has 1 aromatic heterocycles. The molecule has 1 fully saturated rings. The van der Waals surface area contributed by atoms with Crippen molar-refractivity contribution in [3.8, 4) is 5.75 Å². The molecule has 5 nitrogen and oxygen atoms in total. The number of nitrogens with zero attached hydrogens (tertiary/aromatic N) is 2. The van der Waals surface area contributed by atoms with E-state index < -0.39 is 0 Å². The summed E-state index contributed by atoms with van der Waals surface area (Å²) in [5.74, 6) is 2.76. The third kappa shape index (κ3) is 4.02. The van der Waals surface area contributed by atoms with E-state index in [2.05, 4.69) is 9.98 Å². The Labute approximate surface area is 158 Å². The minimum atomic E-state index is -0.221.